The maximum atomic E-state index is 5.11. The molecule has 0 aliphatic carbocycles. The van der Waals surface area contributed by atoms with Crippen LogP contribution in [0.4, 0.5) is 0 Å². The third-order valence-electron chi connectivity index (χ3n) is 11.7. The van der Waals surface area contributed by atoms with E-state index in [0.717, 1.165) is 27.7 Å². The Labute approximate surface area is 322 Å². The SMILES string of the molecule is c1ccc(-n2c3ccccc3c3cc(-c4c5ccccc5c(-c5ccc6c(c5)c5ccccc5n6-c5ccccc5)c5c4cnc4ccccc45)ccc32)cc1. The molecule has 0 aliphatic heterocycles. The number of hydrogen-bond acceptors (Lipinski definition) is 1. The van der Waals surface area contributed by atoms with Gasteiger partial charge >= 0.3 is 0 Å². The first-order chi connectivity index (χ1) is 27.8. The molecule has 0 fully saturated rings. The van der Waals surface area contributed by atoms with Gasteiger partial charge in [0.15, 0.2) is 0 Å². The van der Waals surface area contributed by atoms with Crippen molar-refractivity contribution in [3.8, 4) is 33.6 Å². The van der Waals surface area contributed by atoms with Crippen LogP contribution in [0.3, 0.4) is 0 Å². The van der Waals surface area contributed by atoms with Crippen LogP contribution in [0.2, 0.25) is 0 Å². The van der Waals surface area contributed by atoms with Gasteiger partial charge in [0.2, 0.25) is 0 Å². The van der Waals surface area contributed by atoms with Crippen LogP contribution in [0.15, 0.2) is 200 Å². The van der Waals surface area contributed by atoms with Gasteiger partial charge in [0.05, 0.1) is 27.6 Å². The summed E-state index contributed by atoms with van der Waals surface area (Å²) in [6.07, 6.45) is 2.11. The van der Waals surface area contributed by atoms with Gasteiger partial charge in [-0.25, -0.2) is 0 Å². The van der Waals surface area contributed by atoms with Crippen molar-refractivity contribution in [3.63, 3.8) is 0 Å². The summed E-state index contributed by atoms with van der Waals surface area (Å²) in [7, 11) is 0. The Bertz CT molecular complexity index is 3520. The van der Waals surface area contributed by atoms with E-state index in [-0.39, 0.29) is 0 Å². The van der Waals surface area contributed by atoms with Crippen molar-refractivity contribution in [2.75, 3.05) is 0 Å². The summed E-state index contributed by atoms with van der Waals surface area (Å²) in [5.41, 5.74) is 12.9. The first-order valence-electron chi connectivity index (χ1n) is 19.2. The van der Waals surface area contributed by atoms with Crippen LogP contribution in [0.1, 0.15) is 0 Å². The average molecular weight is 712 g/mol. The standard InChI is InChI=1S/C53H33N3/c1-3-15-36(16-4-1)55-47-25-13-10-19-38(47)43-31-34(27-29-49(43)55)51-40-21-7-8-22-41(40)52(53-42-23-9-12-24-46(42)54-33-45(51)53)35-28-30-50-44(32-35)39-20-11-14-26-48(39)56(50)37-17-5-2-6-18-37/h1-33H. The third kappa shape index (κ3) is 4.43. The van der Waals surface area contributed by atoms with E-state index in [2.05, 4.69) is 209 Å². The molecule has 3 aromatic heterocycles. The van der Waals surface area contributed by atoms with E-state index < -0.39 is 0 Å². The number of para-hydroxylation sites is 5. The first kappa shape index (κ1) is 30.9. The summed E-state index contributed by atoms with van der Waals surface area (Å²) < 4.78 is 4.77. The van der Waals surface area contributed by atoms with Crippen LogP contribution in [0.25, 0.3) is 110 Å². The van der Waals surface area contributed by atoms with Crippen LogP contribution < -0.4 is 0 Å². The number of nitrogens with zero attached hydrogens (tertiary/aromatic N) is 3. The molecule has 3 nitrogen and oxygen atoms in total. The molecule has 12 aromatic rings. The van der Waals surface area contributed by atoms with E-state index >= 15 is 0 Å². The highest BCUT2D eigenvalue weighted by Gasteiger charge is 2.22. The fourth-order valence-corrected chi connectivity index (χ4v) is 9.38. The Kier molecular flexibility index (Phi) is 6.63. The maximum Gasteiger partial charge on any atom is 0.0708 e. The molecular formula is C53H33N3. The van der Waals surface area contributed by atoms with Crippen LogP contribution in [-0.2, 0) is 0 Å². The van der Waals surface area contributed by atoms with Crippen molar-refractivity contribution in [2.24, 2.45) is 0 Å². The summed E-state index contributed by atoms with van der Waals surface area (Å²) in [4.78, 5) is 5.11. The zero-order valence-corrected chi connectivity index (χ0v) is 30.4. The van der Waals surface area contributed by atoms with E-state index in [1.54, 1.807) is 0 Å². The fraction of sp³-hybridized carbons (Fsp3) is 0. The van der Waals surface area contributed by atoms with E-state index in [4.69, 9.17) is 4.98 Å². The Morgan fingerprint density at radius 1 is 0.304 bits per heavy atom. The Balaban J connectivity index is 1.18. The molecule has 0 bridgehead atoms. The molecule has 260 valence electrons. The maximum absolute atomic E-state index is 5.11. The summed E-state index contributed by atoms with van der Waals surface area (Å²) in [5.74, 6) is 0. The molecule has 0 saturated carbocycles. The number of benzene rings is 9. The van der Waals surface area contributed by atoms with Crippen LogP contribution in [0, 0.1) is 0 Å². The van der Waals surface area contributed by atoms with Gasteiger partial charge in [-0.15, -0.1) is 0 Å². The number of pyridine rings is 1. The van der Waals surface area contributed by atoms with Crippen molar-refractivity contribution in [2.45, 2.75) is 0 Å². The molecule has 0 unspecified atom stereocenters. The Morgan fingerprint density at radius 2 is 0.732 bits per heavy atom. The molecule has 0 atom stereocenters. The molecule has 0 radical (unpaired) electrons. The second-order valence-electron chi connectivity index (χ2n) is 14.7. The largest absolute Gasteiger partial charge is 0.309 e. The minimum absolute atomic E-state index is 0.991. The van der Waals surface area contributed by atoms with E-state index in [1.165, 1.54) is 82.0 Å². The van der Waals surface area contributed by atoms with Gasteiger partial charge in [-0.1, -0.05) is 127 Å². The lowest BCUT2D eigenvalue weighted by Crippen LogP contribution is -1.95. The molecule has 0 aliphatic rings. The zero-order valence-electron chi connectivity index (χ0n) is 30.4. The van der Waals surface area contributed by atoms with Gasteiger partial charge in [0.25, 0.3) is 0 Å². The van der Waals surface area contributed by atoms with Crippen LogP contribution in [-0.4, -0.2) is 14.1 Å². The predicted molar refractivity (Wildman–Crippen MR) is 236 cm³/mol. The highest BCUT2D eigenvalue weighted by atomic mass is 15.0. The quantitative estimate of drug-likeness (QED) is 0.132. The lowest BCUT2D eigenvalue weighted by atomic mass is 9.84. The zero-order chi connectivity index (χ0) is 36.7. The number of rotatable bonds is 4. The van der Waals surface area contributed by atoms with Gasteiger partial charge in [-0.05, 0) is 99.8 Å². The number of hydrogen-bond donors (Lipinski definition) is 0. The molecule has 0 saturated heterocycles. The molecule has 9 aromatic carbocycles. The van der Waals surface area contributed by atoms with E-state index in [0.29, 0.717) is 0 Å². The number of fused-ring (bicyclic) bond motifs is 10. The van der Waals surface area contributed by atoms with Gasteiger partial charge < -0.3 is 9.13 Å². The van der Waals surface area contributed by atoms with Crippen LogP contribution >= 0.6 is 0 Å². The van der Waals surface area contributed by atoms with Crippen molar-refractivity contribution < 1.29 is 0 Å². The fourth-order valence-electron chi connectivity index (χ4n) is 9.38. The lowest BCUT2D eigenvalue weighted by Gasteiger charge is -2.19. The molecule has 0 spiro atoms. The second kappa shape index (κ2) is 12.0. The summed E-state index contributed by atoms with van der Waals surface area (Å²) >= 11 is 0. The summed E-state index contributed by atoms with van der Waals surface area (Å²) in [5, 5.41) is 10.9. The third-order valence-corrected chi connectivity index (χ3v) is 11.7. The molecule has 56 heavy (non-hydrogen) atoms. The highest BCUT2D eigenvalue weighted by Crippen LogP contribution is 2.48. The molecule has 12 rings (SSSR count). The average Bonchev–Trinajstić information content (AvgIpc) is 3.78. The summed E-state index contributed by atoms with van der Waals surface area (Å²) in [6.45, 7) is 0. The lowest BCUT2D eigenvalue weighted by molar-refractivity contribution is 1.18. The molecule has 3 heteroatoms. The minimum Gasteiger partial charge on any atom is -0.309 e. The highest BCUT2D eigenvalue weighted by molar-refractivity contribution is 6.28. The van der Waals surface area contributed by atoms with Gasteiger partial charge in [0, 0.05) is 55.3 Å². The minimum atomic E-state index is 0.991. The van der Waals surface area contributed by atoms with Crippen molar-refractivity contribution in [1.82, 2.24) is 14.1 Å². The van der Waals surface area contributed by atoms with Crippen molar-refractivity contribution >= 4 is 76.1 Å². The first-order valence-corrected chi connectivity index (χ1v) is 19.2. The molecule has 0 N–H and O–H groups in total. The van der Waals surface area contributed by atoms with Crippen LogP contribution in [0.5, 0.6) is 0 Å². The summed E-state index contributed by atoms with van der Waals surface area (Å²) in [6, 6.07) is 70.5. The Morgan fingerprint density at radius 3 is 1.30 bits per heavy atom. The second-order valence-corrected chi connectivity index (χ2v) is 14.7. The monoisotopic (exact) mass is 711 g/mol. The topological polar surface area (TPSA) is 22.8 Å². The van der Waals surface area contributed by atoms with E-state index in [1.807, 2.05) is 0 Å². The molecule has 0 amide bonds. The van der Waals surface area contributed by atoms with Gasteiger partial charge in [-0.2, -0.15) is 0 Å². The smallest absolute Gasteiger partial charge is 0.0708 e. The predicted octanol–water partition coefficient (Wildman–Crippen LogP) is 14.1. The normalized spacial score (nSPS) is 11.9. The number of aromatic nitrogens is 3. The van der Waals surface area contributed by atoms with Gasteiger partial charge in [0.1, 0.15) is 0 Å². The molecule has 3 heterocycles. The van der Waals surface area contributed by atoms with E-state index in [9.17, 15) is 0 Å². The Hall–Kier alpha value is -7.49. The van der Waals surface area contributed by atoms with Crippen molar-refractivity contribution in [1.29, 1.82) is 0 Å². The van der Waals surface area contributed by atoms with Gasteiger partial charge in [-0.3, -0.25) is 4.98 Å². The van der Waals surface area contributed by atoms with Crippen molar-refractivity contribution in [3.05, 3.63) is 200 Å². The molecular weight excluding hydrogens is 679 g/mol.